The fourth-order valence-corrected chi connectivity index (χ4v) is 6.27. The number of β-amino-alcohol motifs (C(OH)–C–C–N with tert-alkyl or cyclic N) is 1. The number of anilines is 3. The molecule has 38 heavy (non-hydrogen) atoms. The minimum absolute atomic E-state index is 0.0388. The van der Waals surface area contributed by atoms with Gasteiger partial charge in [-0.3, -0.25) is 14.5 Å². The van der Waals surface area contributed by atoms with Crippen LogP contribution in [0.2, 0.25) is 0 Å². The van der Waals surface area contributed by atoms with Gasteiger partial charge < -0.3 is 15.3 Å². The summed E-state index contributed by atoms with van der Waals surface area (Å²) in [7, 11) is 0. The molecular formula is C28H29F3N4O3. The van der Waals surface area contributed by atoms with Gasteiger partial charge in [0.05, 0.1) is 11.7 Å². The third-order valence-electron chi connectivity index (χ3n) is 8.73. The molecule has 1 spiro atoms. The summed E-state index contributed by atoms with van der Waals surface area (Å²) in [4.78, 5) is 32.7. The van der Waals surface area contributed by atoms with E-state index in [9.17, 15) is 19.1 Å². The van der Waals surface area contributed by atoms with Gasteiger partial charge in [-0.15, -0.1) is 0 Å². The van der Waals surface area contributed by atoms with Crippen molar-refractivity contribution < 1.29 is 27.9 Å². The van der Waals surface area contributed by atoms with Crippen LogP contribution in [0.25, 0.3) is 0 Å². The first kappa shape index (κ1) is 24.9. The van der Waals surface area contributed by atoms with Crippen LogP contribution in [0, 0.1) is 41.6 Å². The van der Waals surface area contributed by atoms with Crippen LogP contribution in [0.15, 0.2) is 36.0 Å². The molecule has 4 saturated carbocycles. The second kappa shape index (κ2) is 9.11. The average molecular weight is 527 g/mol. The van der Waals surface area contributed by atoms with Gasteiger partial charge in [0.25, 0.3) is 5.91 Å². The minimum Gasteiger partial charge on any atom is -0.391 e. The number of aliphatic hydroxyl groups excluding tert-OH is 1. The van der Waals surface area contributed by atoms with Crippen LogP contribution >= 0.6 is 0 Å². The van der Waals surface area contributed by atoms with Crippen molar-refractivity contribution in [1.29, 1.82) is 0 Å². The molecule has 1 aromatic heterocycles. The van der Waals surface area contributed by atoms with Crippen LogP contribution in [-0.2, 0) is 9.59 Å². The van der Waals surface area contributed by atoms with Gasteiger partial charge in [-0.2, -0.15) is 0 Å². The van der Waals surface area contributed by atoms with E-state index in [0.29, 0.717) is 54.7 Å². The highest BCUT2D eigenvalue weighted by Gasteiger charge is 2.55. The van der Waals surface area contributed by atoms with E-state index >= 15 is 8.78 Å². The largest absolute Gasteiger partial charge is 0.391 e. The maximum atomic E-state index is 15.1. The summed E-state index contributed by atoms with van der Waals surface area (Å²) in [6.07, 6.45) is 5.69. The smallest absolute Gasteiger partial charge is 0.256 e. The van der Waals surface area contributed by atoms with Crippen LogP contribution in [0.5, 0.6) is 0 Å². The number of nitrogens with zero attached hydrogens (tertiary/aromatic N) is 3. The normalized spacial score (nSPS) is 26.9. The predicted molar refractivity (Wildman–Crippen MR) is 134 cm³/mol. The Bertz CT molecular complexity index is 1320. The van der Waals surface area contributed by atoms with Crippen molar-refractivity contribution in [2.75, 3.05) is 22.9 Å². The highest BCUT2D eigenvalue weighted by Crippen LogP contribution is 2.53. The number of hydrogen-bond acceptors (Lipinski definition) is 6. The van der Waals surface area contributed by atoms with E-state index in [-0.39, 0.29) is 22.8 Å². The Labute approximate surface area is 218 Å². The van der Waals surface area contributed by atoms with E-state index in [1.165, 1.54) is 0 Å². The number of aryl methyl sites for hydroxylation is 1. The second-order valence-electron chi connectivity index (χ2n) is 11.3. The first-order chi connectivity index (χ1) is 18.2. The summed E-state index contributed by atoms with van der Waals surface area (Å²) in [5.74, 6) is -2.63. The molecule has 2 aromatic rings. The Morgan fingerprint density at radius 2 is 1.89 bits per heavy atom. The van der Waals surface area contributed by atoms with E-state index in [4.69, 9.17) is 0 Å². The molecule has 1 saturated heterocycles. The third kappa shape index (κ3) is 4.24. The number of aliphatic hydroxyl groups is 1. The quantitative estimate of drug-likeness (QED) is 0.246. The molecule has 4 aliphatic carbocycles. The van der Waals surface area contributed by atoms with Crippen LogP contribution in [0.4, 0.5) is 30.5 Å². The lowest BCUT2D eigenvalue weighted by Gasteiger charge is -2.26. The summed E-state index contributed by atoms with van der Waals surface area (Å²) in [6, 6.07) is 4.51. The monoisotopic (exact) mass is 526 g/mol. The highest BCUT2D eigenvalue weighted by molar-refractivity contribution is 6.11. The van der Waals surface area contributed by atoms with Crippen LogP contribution in [0.1, 0.15) is 37.7 Å². The number of amides is 1. The van der Waals surface area contributed by atoms with Gasteiger partial charge in [0.15, 0.2) is 17.9 Å². The summed E-state index contributed by atoms with van der Waals surface area (Å²) in [5.41, 5.74) is -0.631. The molecule has 2 N–H and O–H groups in total. The number of rotatable bonds is 7. The number of halogens is 3. The zero-order valence-electron chi connectivity index (χ0n) is 21.0. The Morgan fingerprint density at radius 1 is 1.18 bits per heavy atom. The fourth-order valence-electron chi connectivity index (χ4n) is 6.27. The van der Waals surface area contributed by atoms with Gasteiger partial charge in [-0.1, -0.05) is 6.07 Å². The lowest BCUT2D eigenvalue weighted by Crippen LogP contribution is -2.38. The molecule has 1 aliphatic heterocycles. The van der Waals surface area contributed by atoms with E-state index < -0.39 is 35.2 Å². The molecule has 1 aromatic carbocycles. The molecule has 7 rings (SSSR count). The summed E-state index contributed by atoms with van der Waals surface area (Å²) in [6.45, 7) is 2.65. The molecule has 2 bridgehead atoms. The number of hydrogen-bond donors (Lipinski definition) is 2. The standard InChI is InChI=1S/C28H29F3N4O3/c1-15-2-3-24(34-12-23(37)28(14-34)4-5-28)33-26(15)35(25-20(30)9-19(29)10-21(25)31)11-18(13-36)27(38)32-22-8-16-6-17(22)7-16/h2-3,9-11,13,16-17,22-23,37H,4-8,12,14H2,1H3,(H,32,38)/b18-11+/t16?,17?,22-,23?/m1/s1. The van der Waals surface area contributed by atoms with E-state index in [0.717, 1.165) is 43.2 Å². The number of pyridine rings is 1. The number of carbonyl (C=O) groups is 2. The maximum Gasteiger partial charge on any atom is 0.256 e. The van der Waals surface area contributed by atoms with Gasteiger partial charge >= 0.3 is 0 Å². The molecule has 1 amide bonds. The fraction of sp³-hybridized carbons (Fsp3) is 0.464. The van der Waals surface area contributed by atoms with Crippen LogP contribution in [0.3, 0.4) is 0 Å². The molecule has 0 radical (unpaired) electrons. The Balaban J connectivity index is 1.40. The average Bonchev–Trinajstić information content (AvgIpc) is 3.19. The number of aromatic nitrogens is 1. The summed E-state index contributed by atoms with van der Waals surface area (Å²) >= 11 is 0. The third-order valence-corrected chi connectivity index (χ3v) is 8.73. The van der Waals surface area contributed by atoms with Crippen molar-refractivity contribution in [2.45, 2.75) is 51.2 Å². The van der Waals surface area contributed by atoms with Crippen molar-refractivity contribution in [3.05, 3.63) is 59.1 Å². The SMILES string of the molecule is Cc1ccc(N2CC(O)C3(CC3)C2)nc1N(/C=C(\C=O)C(=O)N[C@@H]1CC2CC1C2)c1c(F)cc(F)cc1F. The first-order valence-corrected chi connectivity index (χ1v) is 13.0. The number of fused-ring (bicyclic) bond motifs is 1. The van der Waals surface area contributed by atoms with Crippen LogP contribution in [-0.4, -0.2) is 47.5 Å². The molecule has 10 heteroatoms. The molecule has 200 valence electrons. The van der Waals surface area contributed by atoms with Crippen molar-refractivity contribution in [3.8, 4) is 0 Å². The summed E-state index contributed by atoms with van der Waals surface area (Å²) in [5, 5.41) is 13.4. The van der Waals surface area contributed by atoms with Crippen molar-refractivity contribution >= 4 is 29.5 Å². The highest BCUT2D eigenvalue weighted by atomic mass is 19.1. The minimum atomic E-state index is -1.21. The Kier molecular flexibility index (Phi) is 5.97. The van der Waals surface area contributed by atoms with Gasteiger partial charge in [-0.05, 0) is 62.5 Å². The summed E-state index contributed by atoms with van der Waals surface area (Å²) < 4.78 is 43.9. The van der Waals surface area contributed by atoms with E-state index in [1.54, 1.807) is 19.1 Å². The maximum absolute atomic E-state index is 15.1. The van der Waals surface area contributed by atoms with Crippen molar-refractivity contribution in [1.82, 2.24) is 10.3 Å². The molecule has 2 atom stereocenters. The van der Waals surface area contributed by atoms with Gasteiger partial charge in [0.2, 0.25) is 0 Å². The zero-order chi connectivity index (χ0) is 26.8. The number of aldehydes is 1. The number of benzene rings is 1. The molecule has 5 aliphatic rings. The first-order valence-electron chi connectivity index (χ1n) is 13.0. The topological polar surface area (TPSA) is 85.8 Å². The number of nitrogens with one attached hydrogen (secondary N) is 1. The molecule has 2 heterocycles. The zero-order valence-corrected chi connectivity index (χ0v) is 21.0. The molecule has 1 unspecified atom stereocenters. The van der Waals surface area contributed by atoms with Crippen molar-refractivity contribution in [2.24, 2.45) is 17.3 Å². The lowest BCUT2D eigenvalue weighted by molar-refractivity contribution is -0.120. The van der Waals surface area contributed by atoms with E-state index in [2.05, 4.69) is 10.3 Å². The van der Waals surface area contributed by atoms with Gasteiger partial charge in [-0.25, -0.2) is 18.2 Å². The Hall–Kier alpha value is -3.40. The lowest BCUT2D eigenvalue weighted by atomic mass is 9.84. The van der Waals surface area contributed by atoms with Crippen molar-refractivity contribution in [3.63, 3.8) is 0 Å². The molecule has 7 nitrogen and oxygen atoms in total. The second-order valence-corrected chi connectivity index (χ2v) is 11.3. The predicted octanol–water partition coefficient (Wildman–Crippen LogP) is 3.90. The Morgan fingerprint density at radius 3 is 2.47 bits per heavy atom. The molecule has 5 fully saturated rings. The van der Waals surface area contributed by atoms with Gasteiger partial charge in [0, 0.05) is 42.9 Å². The van der Waals surface area contributed by atoms with E-state index in [1.807, 2.05) is 4.90 Å². The molecular weight excluding hydrogens is 497 g/mol. The van der Waals surface area contributed by atoms with Crippen LogP contribution < -0.4 is 15.1 Å². The van der Waals surface area contributed by atoms with Gasteiger partial charge in [0.1, 0.15) is 23.1 Å². The number of carbonyl (C=O) groups excluding carboxylic acids is 2.